The van der Waals surface area contributed by atoms with Crippen molar-refractivity contribution in [3.63, 3.8) is 0 Å². The molecule has 0 aromatic carbocycles. The molecular weight excluding hydrogens is 260 g/mol. The summed E-state index contributed by atoms with van der Waals surface area (Å²) in [5.74, 6) is -0.625. The van der Waals surface area contributed by atoms with Crippen molar-refractivity contribution in [2.75, 3.05) is 0 Å². The van der Waals surface area contributed by atoms with Gasteiger partial charge in [0.15, 0.2) is 5.78 Å². The zero-order valence-corrected chi connectivity index (χ0v) is 11.9. The Kier molecular flexibility index (Phi) is 2.32. The van der Waals surface area contributed by atoms with E-state index in [9.17, 15) is 14.7 Å². The first-order valence-electron chi connectivity index (χ1n) is 7.45. The number of carbonyl (C=O) groups is 2. The number of hydrogen-bond donors (Lipinski definition) is 1. The molecule has 2 heterocycles. The molecule has 0 aromatic heterocycles. The average molecular weight is 280 g/mol. The molecule has 5 heteroatoms. The molecule has 2 aliphatic heterocycles. The van der Waals surface area contributed by atoms with Crippen LogP contribution in [0.3, 0.4) is 0 Å². The second-order valence-corrected chi connectivity index (χ2v) is 7.19. The van der Waals surface area contributed by atoms with Crippen LogP contribution in [0.5, 0.6) is 0 Å². The van der Waals surface area contributed by atoms with Crippen molar-refractivity contribution in [2.24, 2.45) is 29.1 Å². The highest BCUT2D eigenvalue weighted by molar-refractivity contribution is 5.95. The van der Waals surface area contributed by atoms with E-state index in [0.29, 0.717) is 6.42 Å². The van der Waals surface area contributed by atoms with Gasteiger partial charge in [0, 0.05) is 11.8 Å². The van der Waals surface area contributed by atoms with Crippen LogP contribution in [0.1, 0.15) is 27.2 Å². The van der Waals surface area contributed by atoms with Gasteiger partial charge in [-0.2, -0.15) is 0 Å². The molecule has 0 spiro atoms. The van der Waals surface area contributed by atoms with Crippen molar-refractivity contribution in [3.8, 4) is 0 Å². The lowest BCUT2D eigenvalue weighted by Gasteiger charge is -2.39. The van der Waals surface area contributed by atoms with Crippen LogP contribution in [0.4, 0.5) is 0 Å². The largest absolute Gasteiger partial charge is 0.462 e. The fraction of sp³-hybridized carbons (Fsp3) is 0.867. The highest BCUT2D eigenvalue weighted by Gasteiger charge is 2.73. The minimum atomic E-state index is -0.826. The number of rotatable bonds is 0. The van der Waals surface area contributed by atoms with Crippen LogP contribution in [-0.4, -0.2) is 41.3 Å². The lowest BCUT2D eigenvalue weighted by Crippen LogP contribution is -2.50. The van der Waals surface area contributed by atoms with E-state index < -0.39 is 11.5 Å². The van der Waals surface area contributed by atoms with Gasteiger partial charge in [0.25, 0.3) is 0 Å². The number of epoxide rings is 1. The topological polar surface area (TPSA) is 76.1 Å². The molecule has 5 nitrogen and oxygen atoms in total. The Bertz CT molecular complexity index is 502. The third-order valence-electron chi connectivity index (χ3n) is 6.20. The van der Waals surface area contributed by atoms with Gasteiger partial charge in [0.1, 0.15) is 12.2 Å². The summed E-state index contributed by atoms with van der Waals surface area (Å²) in [5.41, 5.74) is -0.797. The maximum atomic E-state index is 12.6. The maximum Gasteiger partial charge on any atom is 0.309 e. The van der Waals surface area contributed by atoms with Gasteiger partial charge in [0.2, 0.25) is 0 Å². The minimum Gasteiger partial charge on any atom is -0.462 e. The van der Waals surface area contributed by atoms with E-state index in [-0.39, 0.29) is 53.7 Å². The standard InChI is InChI=1S/C15H20O5/c1-5-4-7-8(6(2)14(18)19-7)12(16)15(3)9(5)10-11(20-10)13(15)17/h5-12,16H,4H2,1-3H3/t5-,6-,7+,8+,9-,10+,11-,12+,15-/m1/s1. The second-order valence-electron chi connectivity index (χ2n) is 7.19. The number of hydrogen-bond acceptors (Lipinski definition) is 5. The Labute approximate surface area is 117 Å². The van der Waals surface area contributed by atoms with Gasteiger partial charge < -0.3 is 14.6 Å². The molecular formula is C15H20O5. The van der Waals surface area contributed by atoms with Crippen LogP contribution in [0.25, 0.3) is 0 Å². The van der Waals surface area contributed by atoms with E-state index in [1.807, 2.05) is 6.92 Å². The van der Waals surface area contributed by atoms with Gasteiger partial charge in [-0.25, -0.2) is 0 Å². The number of esters is 1. The number of aliphatic hydroxyl groups is 1. The summed E-state index contributed by atoms with van der Waals surface area (Å²) >= 11 is 0. The lowest BCUT2D eigenvalue weighted by atomic mass is 9.66. The number of ether oxygens (including phenoxy) is 2. The molecule has 0 aromatic rings. The summed E-state index contributed by atoms with van der Waals surface area (Å²) in [6.45, 7) is 5.72. The number of fused-ring (bicyclic) bond motifs is 4. The Morgan fingerprint density at radius 2 is 2.00 bits per heavy atom. The molecule has 0 amide bonds. The highest BCUT2D eigenvalue weighted by Crippen LogP contribution is 2.61. The predicted molar refractivity (Wildman–Crippen MR) is 67.6 cm³/mol. The van der Waals surface area contributed by atoms with Crippen molar-refractivity contribution < 1.29 is 24.2 Å². The van der Waals surface area contributed by atoms with Crippen molar-refractivity contribution in [1.82, 2.24) is 0 Å². The van der Waals surface area contributed by atoms with Crippen LogP contribution >= 0.6 is 0 Å². The highest BCUT2D eigenvalue weighted by atomic mass is 16.6. The molecule has 4 rings (SSSR count). The maximum absolute atomic E-state index is 12.6. The number of Topliss-reactive ketones (excluding diaryl/α,β-unsaturated/α-hetero) is 1. The first-order chi connectivity index (χ1) is 9.37. The van der Waals surface area contributed by atoms with E-state index in [2.05, 4.69) is 6.92 Å². The van der Waals surface area contributed by atoms with Gasteiger partial charge in [-0.1, -0.05) is 13.8 Å². The zero-order valence-electron chi connectivity index (χ0n) is 11.9. The molecule has 20 heavy (non-hydrogen) atoms. The molecule has 2 saturated heterocycles. The first-order valence-corrected chi connectivity index (χ1v) is 7.45. The Morgan fingerprint density at radius 3 is 2.70 bits per heavy atom. The summed E-state index contributed by atoms with van der Waals surface area (Å²) in [7, 11) is 0. The van der Waals surface area contributed by atoms with E-state index in [1.165, 1.54) is 0 Å². The smallest absolute Gasteiger partial charge is 0.309 e. The second kappa shape index (κ2) is 3.63. The summed E-state index contributed by atoms with van der Waals surface area (Å²) < 4.78 is 10.9. The molecule has 0 radical (unpaired) electrons. The summed E-state index contributed by atoms with van der Waals surface area (Å²) in [5, 5.41) is 10.9. The molecule has 4 aliphatic rings. The zero-order chi connectivity index (χ0) is 14.4. The molecule has 0 unspecified atom stereocenters. The lowest BCUT2D eigenvalue weighted by molar-refractivity contribution is -0.147. The fourth-order valence-electron chi connectivity index (χ4n) is 5.09. The van der Waals surface area contributed by atoms with E-state index in [0.717, 1.165) is 0 Å². The SMILES string of the molecule is C[C@@H]1C[C@@H]2OC(=O)[C@H](C)[C@@H]2[C@H](O)[C@]2(C)C(=O)[C@@H]3O[C@H]3[C@@H]12. The third kappa shape index (κ3) is 1.26. The van der Waals surface area contributed by atoms with E-state index in [1.54, 1.807) is 6.92 Å². The summed E-state index contributed by atoms with van der Waals surface area (Å²) in [6.07, 6.45) is -0.755. The normalized spacial score (nSPS) is 60.4. The fourth-order valence-corrected chi connectivity index (χ4v) is 5.09. The van der Waals surface area contributed by atoms with Gasteiger partial charge in [-0.05, 0) is 19.3 Å². The average Bonchev–Trinajstić information content (AvgIpc) is 3.06. The Balaban J connectivity index is 1.79. The Morgan fingerprint density at radius 1 is 1.30 bits per heavy atom. The summed E-state index contributed by atoms with van der Waals surface area (Å²) in [6, 6.07) is 0. The van der Waals surface area contributed by atoms with E-state index >= 15 is 0 Å². The molecule has 9 atom stereocenters. The number of carbonyl (C=O) groups excluding carboxylic acids is 2. The molecule has 0 bridgehead atoms. The first kappa shape index (κ1) is 12.8. The van der Waals surface area contributed by atoms with Crippen LogP contribution in [0.15, 0.2) is 0 Å². The van der Waals surface area contributed by atoms with Crippen molar-refractivity contribution >= 4 is 11.8 Å². The van der Waals surface area contributed by atoms with Crippen LogP contribution in [0, 0.1) is 29.1 Å². The van der Waals surface area contributed by atoms with Gasteiger partial charge in [0.05, 0.1) is 23.5 Å². The van der Waals surface area contributed by atoms with Gasteiger partial charge in [-0.3, -0.25) is 9.59 Å². The molecule has 2 saturated carbocycles. The molecule has 1 N–H and O–H groups in total. The van der Waals surface area contributed by atoms with Crippen LogP contribution in [-0.2, 0) is 19.1 Å². The van der Waals surface area contributed by atoms with Crippen molar-refractivity contribution in [1.29, 1.82) is 0 Å². The predicted octanol–water partition coefficient (Wildman–Crippen LogP) is 0.537. The molecule has 110 valence electrons. The molecule has 2 aliphatic carbocycles. The van der Waals surface area contributed by atoms with Crippen LogP contribution in [0.2, 0.25) is 0 Å². The van der Waals surface area contributed by atoms with Gasteiger partial charge >= 0.3 is 5.97 Å². The summed E-state index contributed by atoms with van der Waals surface area (Å²) in [4.78, 5) is 24.4. The van der Waals surface area contributed by atoms with E-state index in [4.69, 9.17) is 9.47 Å². The quantitative estimate of drug-likeness (QED) is 0.517. The number of ketones is 1. The van der Waals surface area contributed by atoms with Crippen molar-refractivity contribution in [2.45, 2.75) is 51.6 Å². The van der Waals surface area contributed by atoms with Crippen molar-refractivity contribution in [3.05, 3.63) is 0 Å². The monoisotopic (exact) mass is 280 g/mol. The van der Waals surface area contributed by atoms with Crippen LogP contribution < -0.4 is 0 Å². The Hall–Kier alpha value is -0.940. The third-order valence-corrected chi connectivity index (χ3v) is 6.20. The molecule has 4 fully saturated rings. The van der Waals surface area contributed by atoms with Gasteiger partial charge in [-0.15, -0.1) is 0 Å². The minimum absolute atomic E-state index is 0.0130. The number of aliphatic hydroxyl groups excluding tert-OH is 1.